The number of ether oxygens (including phenoxy) is 1. The number of nitrogens with one attached hydrogen (secondary N) is 2. The number of fused-ring (bicyclic) bond motifs is 1. The maximum atomic E-state index is 14.7. The van der Waals surface area contributed by atoms with Gasteiger partial charge in [-0.05, 0) is 35.7 Å². The Bertz CT molecular complexity index is 1320. The van der Waals surface area contributed by atoms with Gasteiger partial charge in [0, 0.05) is 28.9 Å². The normalized spacial score (nSPS) is 15.2. The van der Waals surface area contributed by atoms with Crippen LogP contribution in [0.4, 0.5) is 10.1 Å². The number of hydrogen-bond acceptors (Lipinski definition) is 4. The zero-order chi connectivity index (χ0) is 20.9. The van der Waals surface area contributed by atoms with Crippen LogP contribution in [-0.4, -0.2) is 28.0 Å². The average molecular weight is 445 g/mol. The molecule has 0 radical (unpaired) electrons. The molecule has 4 aromatic rings. The van der Waals surface area contributed by atoms with Crippen molar-refractivity contribution >= 4 is 39.7 Å². The van der Waals surface area contributed by atoms with Gasteiger partial charge in [0.05, 0.1) is 29.5 Å². The third-order valence-electron chi connectivity index (χ3n) is 5.25. The topological polar surface area (TPSA) is 71.9 Å². The number of rotatable bonds is 4. The minimum Gasteiger partial charge on any atom is -0.376 e. The molecule has 2 aromatic carbocycles. The van der Waals surface area contributed by atoms with Gasteiger partial charge < -0.3 is 10.1 Å². The summed E-state index contributed by atoms with van der Waals surface area (Å²) in [6, 6.07) is 11.7. The molecule has 0 saturated carbocycles. The van der Waals surface area contributed by atoms with Crippen molar-refractivity contribution in [1.29, 1.82) is 0 Å². The number of hydrogen-bond donors (Lipinski definition) is 2. The first-order valence-corrected chi connectivity index (χ1v) is 9.89. The fourth-order valence-electron chi connectivity index (χ4n) is 3.72. The van der Waals surface area contributed by atoms with Crippen LogP contribution >= 0.6 is 23.2 Å². The molecule has 2 aromatic heterocycles. The van der Waals surface area contributed by atoms with Gasteiger partial charge in [-0.2, -0.15) is 5.10 Å². The number of aromatic amines is 1. The van der Waals surface area contributed by atoms with Gasteiger partial charge in [0.15, 0.2) is 0 Å². The zero-order valence-electron chi connectivity index (χ0n) is 15.5. The number of nitrogens with zero attached hydrogens (tertiary/aromatic N) is 2. The van der Waals surface area contributed by atoms with Crippen LogP contribution in [0.5, 0.6) is 0 Å². The fourth-order valence-corrected chi connectivity index (χ4v) is 4.21. The highest BCUT2D eigenvalue weighted by Crippen LogP contribution is 2.41. The van der Waals surface area contributed by atoms with E-state index in [2.05, 4.69) is 15.5 Å². The summed E-state index contributed by atoms with van der Waals surface area (Å²) in [7, 11) is 0. The smallest absolute Gasteiger partial charge is 0.264 e. The molecule has 1 aliphatic heterocycles. The zero-order valence-corrected chi connectivity index (χ0v) is 17.0. The molecule has 0 unspecified atom stereocenters. The summed E-state index contributed by atoms with van der Waals surface area (Å²) in [6.45, 7) is 0.435. The molecule has 0 bridgehead atoms. The molecule has 0 atom stereocenters. The van der Waals surface area contributed by atoms with E-state index >= 15 is 0 Å². The maximum absolute atomic E-state index is 14.7. The lowest BCUT2D eigenvalue weighted by Crippen LogP contribution is -2.53. The van der Waals surface area contributed by atoms with E-state index in [1.165, 1.54) is 16.7 Å². The largest absolute Gasteiger partial charge is 0.376 e. The first-order chi connectivity index (χ1) is 14.5. The van der Waals surface area contributed by atoms with E-state index in [4.69, 9.17) is 27.9 Å². The number of benzene rings is 2. The van der Waals surface area contributed by atoms with Gasteiger partial charge >= 0.3 is 0 Å². The fraction of sp³-hybridized carbons (Fsp3) is 0.143. The number of H-pyrrole nitrogens is 1. The number of pyridine rings is 1. The highest BCUT2D eigenvalue weighted by atomic mass is 35.5. The molecule has 30 heavy (non-hydrogen) atoms. The van der Waals surface area contributed by atoms with Crippen molar-refractivity contribution in [3.8, 4) is 5.82 Å². The first kappa shape index (κ1) is 19.1. The Kier molecular flexibility index (Phi) is 4.54. The van der Waals surface area contributed by atoms with Crippen molar-refractivity contribution < 1.29 is 9.13 Å². The van der Waals surface area contributed by atoms with Gasteiger partial charge in [-0.3, -0.25) is 14.5 Å². The lowest BCUT2D eigenvalue weighted by Gasteiger charge is -2.43. The minimum absolute atomic E-state index is 0.148. The summed E-state index contributed by atoms with van der Waals surface area (Å²) >= 11 is 12.5. The molecule has 1 aliphatic rings. The molecule has 2 N–H and O–H groups in total. The van der Waals surface area contributed by atoms with Gasteiger partial charge in [-0.1, -0.05) is 29.3 Å². The van der Waals surface area contributed by atoms with E-state index in [1.54, 1.807) is 24.5 Å². The van der Waals surface area contributed by atoms with Crippen LogP contribution in [-0.2, 0) is 10.3 Å². The maximum Gasteiger partial charge on any atom is 0.264 e. The van der Waals surface area contributed by atoms with E-state index in [-0.39, 0.29) is 34.4 Å². The summed E-state index contributed by atoms with van der Waals surface area (Å²) in [4.78, 5) is 13.0. The summed E-state index contributed by atoms with van der Waals surface area (Å²) in [5, 5.41) is 11.7. The average Bonchev–Trinajstić information content (AvgIpc) is 3.24. The molecule has 0 amide bonds. The summed E-state index contributed by atoms with van der Waals surface area (Å²) in [5.74, 6) is 0.0968. The Morgan fingerprint density at radius 3 is 2.70 bits per heavy atom. The van der Waals surface area contributed by atoms with Crippen molar-refractivity contribution in [2.45, 2.75) is 5.54 Å². The summed E-state index contributed by atoms with van der Waals surface area (Å²) in [6.07, 6.45) is 3.27. The van der Waals surface area contributed by atoms with Gasteiger partial charge in [-0.25, -0.2) is 4.39 Å². The quantitative estimate of drug-likeness (QED) is 0.454. The van der Waals surface area contributed by atoms with Gasteiger partial charge in [-0.15, -0.1) is 0 Å². The van der Waals surface area contributed by atoms with Crippen LogP contribution in [0, 0.1) is 5.82 Å². The number of anilines is 1. The third kappa shape index (κ3) is 2.98. The predicted molar refractivity (Wildman–Crippen MR) is 114 cm³/mol. The molecule has 152 valence electrons. The van der Waals surface area contributed by atoms with Crippen molar-refractivity contribution in [2.75, 3.05) is 18.5 Å². The molecule has 3 heterocycles. The molecule has 6 nitrogen and oxygen atoms in total. The monoisotopic (exact) mass is 444 g/mol. The summed E-state index contributed by atoms with van der Waals surface area (Å²) in [5.41, 5.74) is -0.186. The molecule has 5 rings (SSSR count). The van der Waals surface area contributed by atoms with Crippen molar-refractivity contribution in [1.82, 2.24) is 14.8 Å². The molecular formula is C21H15Cl2FN4O2. The number of halogens is 3. The van der Waals surface area contributed by atoms with E-state index in [1.807, 2.05) is 18.2 Å². The third-order valence-corrected chi connectivity index (χ3v) is 6.06. The van der Waals surface area contributed by atoms with Gasteiger partial charge in [0.1, 0.15) is 17.2 Å². The molecule has 0 spiro atoms. The number of aromatic nitrogens is 3. The lowest BCUT2D eigenvalue weighted by molar-refractivity contribution is -0.0461. The van der Waals surface area contributed by atoms with Crippen LogP contribution in [0.2, 0.25) is 10.0 Å². The molecule has 1 fully saturated rings. The van der Waals surface area contributed by atoms with Gasteiger partial charge in [0.25, 0.3) is 5.56 Å². The van der Waals surface area contributed by atoms with Crippen LogP contribution in [0.1, 0.15) is 5.56 Å². The second kappa shape index (κ2) is 7.12. The Labute approximate surface area is 180 Å². The van der Waals surface area contributed by atoms with Crippen molar-refractivity contribution in [3.63, 3.8) is 0 Å². The second-order valence-electron chi connectivity index (χ2n) is 7.15. The Hall–Kier alpha value is -2.87. The standard InChI is InChI=1S/C21H15Cl2FN4O2/c22-15-3-4-16(24)18(19(15)23)21(10-30-11-21)26-13-2-1-12-6-8-28(17-5-7-25-27-17)20(29)14(12)9-13/h1-9,26H,10-11H2,(H,25,27). The van der Waals surface area contributed by atoms with Crippen LogP contribution in [0.3, 0.4) is 0 Å². The Balaban J connectivity index is 1.59. The SMILES string of the molecule is O=c1c2cc(NC3(c4c(F)ccc(Cl)c4Cl)COC3)ccc2ccn1-c1ccn[nH]1. The highest BCUT2D eigenvalue weighted by molar-refractivity contribution is 6.42. The lowest BCUT2D eigenvalue weighted by atomic mass is 9.87. The minimum atomic E-state index is -0.878. The Morgan fingerprint density at radius 2 is 2.00 bits per heavy atom. The predicted octanol–water partition coefficient (Wildman–Crippen LogP) is 4.50. The summed E-state index contributed by atoms with van der Waals surface area (Å²) < 4.78 is 21.5. The van der Waals surface area contributed by atoms with Gasteiger partial charge in [0.2, 0.25) is 0 Å². The van der Waals surface area contributed by atoms with Crippen LogP contribution in [0.25, 0.3) is 16.6 Å². The van der Waals surface area contributed by atoms with E-state index in [9.17, 15) is 9.18 Å². The van der Waals surface area contributed by atoms with Crippen molar-refractivity contribution in [3.05, 3.63) is 86.6 Å². The van der Waals surface area contributed by atoms with E-state index in [0.29, 0.717) is 16.9 Å². The highest BCUT2D eigenvalue weighted by Gasteiger charge is 2.44. The first-order valence-electron chi connectivity index (χ1n) is 9.14. The van der Waals surface area contributed by atoms with E-state index < -0.39 is 11.4 Å². The second-order valence-corrected chi connectivity index (χ2v) is 7.94. The molecule has 1 saturated heterocycles. The van der Waals surface area contributed by atoms with E-state index in [0.717, 1.165) is 5.39 Å². The van der Waals surface area contributed by atoms with Crippen LogP contribution < -0.4 is 10.9 Å². The van der Waals surface area contributed by atoms with Crippen molar-refractivity contribution in [2.24, 2.45) is 0 Å². The molecule has 0 aliphatic carbocycles. The molecular weight excluding hydrogens is 430 g/mol. The van der Waals surface area contributed by atoms with Crippen LogP contribution in [0.15, 0.2) is 59.7 Å². The molecule has 9 heteroatoms. The Morgan fingerprint density at radius 1 is 1.17 bits per heavy atom.